The molecular weight excluding hydrogens is 228 g/mol. The van der Waals surface area contributed by atoms with Crippen molar-refractivity contribution in [3.8, 4) is 0 Å². The highest BCUT2D eigenvalue weighted by atomic mass is 16.4. The minimum atomic E-state index is 0.783. The van der Waals surface area contributed by atoms with Crippen molar-refractivity contribution in [1.82, 2.24) is 9.97 Å². The molecule has 2 aromatic rings. The molecule has 5 heteroatoms. The van der Waals surface area contributed by atoms with Gasteiger partial charge in [-0.3, -0.25) is 4.98 Å². The van der Waals surface area contributed by atoms with E-state index in [1.807, 2.05) is 30.5 Å². The van der Waals surface area contributed by atoms with E-state index in [9.17, 15) is 0 Å². The van der Waals surface area contributed by atoms with Crippen LogP contribution in [0.25, 0.3) is 11.0 Å². The van der Waals surface area contributed by atoms with Crippen molar-refractivity contribution in [3.05, 3.63) is 30.5 Å². The maximum absolute atomic E-state index is 8.73. The Morgan fingerprint density at radius 2 is 1.83 bits per heavy atom. The quantitative estimate of drug-likeness (QED) is 0.614. The summed E-state index contributed by atoms with van der Waals surface area (Å²) in [5.74, 6) is 0.894. The SMILES string of the molecule is ON=C1CCN(c2cnc3ccccc3n2)CC1. The molecule has 0 aliphatic carbocycles. The smallest absolute Gasteiger partial charge is 0.147 e. The molecule has 1 aliphatic heterocycles. The Bertz CT molecular complexity index is 586. The lowest BCUT2D eigenvalue weighted by Crippen LogP contribution is -2.34. The normalized spacial score (nSPS) is 16.0. The number of aromatic nitrogens is 2. The Balaban J connectivity index is 1.86. The number of benzene rings is 1. The van der Waals surface area contributed by atoms with Crippen LogP contribution in [-0.2, 0) is 0 Å². The highest BCUT2D eigenvalue weighted by Gasteiger charge is 2.17. The number of nitrogens with zero attached hydrogens (tertiary/aromatic N) is 4. The van der Waals surface area contributed by atoms with Gasteiger partial charge in [0, 0.05) is 25.9 Å². The second-order valence-electron chi connectivity index (χ2n) is 4.37. The third-order valence-electron chi connectivity index (χ3n) is 3.24. The molecule has 0 saturated carbocycles. The monoisotopic (exact) mass is 242 g/mol. The second kappa shape index (κ2) is 4.60. The number of hydrogen-bond donors (Lipinski definition) is 1. The molecule has 18 heavy (non-hydrogen) atoms. The molecule has 1 N–H and O–H groups in total. The highest BCUT2D eigenvalue weighted by Crippen LogP contribution is 2.18. The van der Waals surface area contributed by atoms with Crippen molar-refractivity contribution in [2.45, 2.75) is 12.8 Å². The fourth-order valence-corrected chi connectivity index (χ4v) is 2.19. The van der Waals surface area contributed by atoms with Gasteiger partial charge in [0.25, 0.3) is 0 Å². The molecule has 1 fully saturated rings. The molecule has 0 atom stereocenters. The summed E-state index contributed by atoms with van der Waals surface area (Å²) in [5, 5.41) is 12.0. The molecule has 0 radical (unpaired) electrons. The molecule has 0 spiro atoms. The van der Waals surface area contributed by atoms with Gasteiger partial charge in [-0.2, -0.15) is 0 Å². The lowest BCUT2D eigenvalue weighted by atomic mass is 10.1. The average molecular weight is 242 g/mol. The Hall–Kier alpha value is -2.17. The van der Waals surface area contributed by atoms with Crippen LogP contribution in [0.4, 0.5) is 5.82 Å². The lowest BCUT2D eigenvalue weighted by molar-refractivity contribution is 0.315. The van der Waals surface area contributed by atoms with E-state index >= 15 is 0 Å². The zero-order valence-corrected chi connectivity index (χ0v) is 9.95. The molecule has 0 amide bonds. The van der Waals surface area contributed by atoms with Gasteiger partial charge in [-0.1, -0.05) is 17.3 Å². The summed E-state index contributed by atoms with van der Waals surface area (Å²) in [7, 11) is 0. The van der Waals surface area contributed by atoms with Gasteiger partial charge in [-0.15, -0.1) is 0 Å². The molecule has 0 bridgehead atoms. The number of fused-ring (bicyclic) bond motifs is 1. The van der Waals surface area contributed by atoms with Gasteiger partial charge in [-0.05, 0) is 12.1 Å². The molecule has 2 heterocycles. The molecule has 1 saturated heterocycles. The number of piperidine rings is 1. The van der Waals surface area contributed by atoms with Crippen molar-refractivity contribution >= 4 is 22.6 Å². The van der Waals surface area contributed by atoms with E-state index in [-0.39, 0.29) is 0 Å². The minimum Gasteiger partial charge on any atom is -0.411 e. The molecule has 1 aromatic heterocycles. The number of rotatable bonds is 1. The van der Waals surface area contributed by atoms with Crippen LogP contribution in [-0.4, -0.2) is 34.0 Å². The standard InChI is InChI=1S/C13H14N4O/c18-16-10-5-7-17(8-6-10)13-9-14-11-3-1-2-4-12(11)15-13/h1-4,9,18H,5-8H2. The first-order chi connectivity index (χ1) is 8.86. The molecule has 5 nitrogen and oxygen atoms in total. The first kappa shape index (κ1) is 11.0. The van der Waals surface area contributed by atoms with E-state index < -0.39 is 0 Å². The predicted octanol–water partition coefficient (Wildman–Crippen LogP) is 2.06. The predicted molar refractivity (Wildman–Crippen MR) is 70.2 cm³/mol. The van der Waals surface area contributed by atoms with Crippen LogP contribution in [0.15, 0.2) is 35.6 Å². The van der Waals surface area contributed by atoms with Crippen molar-refractivity contribution < 1.29 is 5.21 Å². The van der Waals surface area contributed by atoms with E-state index in [2.05, 4.69) is 20.0 Å². The van der Waals surface area contributed by atoms with Crippen LogP contribution in [0.3, 0.4) is 0 Å². The summed E-state index contributed by atoms with van der Waals surface area (Å²) in [6, 6.07) is 7.85. The zero-order valence-electron chi connectivity index (χ0n) is 9.95. The maximum atomic E-state index is 8.73. The first-order valence-electron chi connectivity index (χ1n) is 6.03. The van der Waals surface area contributed by atoms with Crippen molar-refractivity contribution in [1.29, 1.82) is 0 Å². The zero-order chi connectivity index (χ0) is 12.4. The molecular formula is C13H14N4O. The maximum Gasteiger partial charge on any atom is 0.147 e. The summed E-state index contributed by atoms with van der Waals surface area (Å²) in [5.41, 5.74) is 2.69. The Kier molecular flexibility index (Phi) is 2.80. The molecule has 92 valence electrons. The summed E-state index contributed by atoms with van der Waals surface area (Å²) in [4.78, 5) is 11.2. The molecule has 3 rings (SSSR count). The molecule has 0 unspecified atom stereocenters. The second-order valence-corrected chi connectivity index (χ2v) is 4.37. The van der Waals surface area contributed by atoms with Crippen molar-refractivity contribution in [2.24, 2.45) is 5.16 Å². The number of para-hydroxylation sites is 2. The van der Waals surface area contributed by atoms with Gasteiger partial charge in [0.2, 0.25) is 0 Å². The molecule has 1 aromatic carbocycles. The van der Waals surface area contributed by atoms with Gasteiger partial charge in [0.1, 0.15) is 5.82 Å². The Morgan fingerprint density at radius 1 is 1.11 bits per heavy atom. The molecule has 1 aliphatic rings. The van der Waals surface area contributed by atoms with Crippen LogP contribution >= 0.6 is 0 Å². The Labute approximate surface area is 105 Å². The first-order valence-corrected chi connectivity index (χ1v) is 6.03. The minimum absolute atomic E-state index is 0.783. The lowest BCUT2D eigenvalue weighted by Gasteiger charge is -2.27. The summed E-state index contributed by atoms with van der Waals surface area (Å²) in [6.07, 6.45) is 3.37. The van der Waals surface area contributed by atoms with Gasteiger partial charge in [-0.25, -0.2) is 4.98 Å². The summed E-state index contributed by atoms with van der Waals surface area (Å²) in [6.45, 7) is 1.65. The summed E-state index contributed by atoms with van der Waals surface area (Å²) < 4.78 is 0. The van der Waals surface area contributed by atoms with E-state index in [0.29, 0.717) is 0 Å². The average Bonchev–Trinajstić information content (AvgIpc) is 2.47. The van der Waals surface area contributed by atoms with Crippen molar-refractivity contribution in [2.75, 3.05) is 18.0 Å². The van der Waals surface area contributed by atoms with Gasteiger partial charge >= 0.3 is 0 Å². The van der Waals surface area contributed by atoms with Crippen molar-refractivity contribution in [3.63, 3.8) is 0 Å². The van der Waals surface area contributed by atoms with Crippen LogP contribution in [0.2, 0.25) is 0 Å². The third-order valence-corrected chi connectivity index (χ3v) is 3.24. The largest absolute Gasteiger partial charge is 0.411 e. The van der Waals surface area contributed by atoms with Crippen LogP contribution in [0, 0.1) is 0 Å². The fraction of sp³-hybridized carbons (Fsp3) is 0.308. The number of anilines is 1. The van der Waals surface area contributed by atoms with E-state index in [1.54, 1.807) is 0 Å². The van der Waals surface area contributed by atoms with E-state index in [4.69, 9.17) is 5.21 Å². The number of hydrogen-bond acceptors (Lipinski definition) is 5. The van der Waals surface area contributed by atoms with E-state index in [0.717, 1.165) is 48.5 Å². The Morgan fingerprint density at radius 3 is 2.56 bits per heavy atom. The topological polar surface area (TPSA) is 61.6 Å². The van der Waals surface area contributed by atoms with Crippen LogP contribution < -0.4 is 4.90 Å². The van der Waals surface area contributed by atoms with Crippen LogP contribution in [0.1, 0.15) is 12.8 Å². The highest BCUT2D eigenvalue weighted by molar-refractivity contribution is 5.86. The fourth-order valence-electron chi connectivity index (χ4n) is 2.19. The van der Waals surface area contributed by atoms with Gasteiger partial charge in [0.15, 0.2) is 0 Å². The van der Waals surface area contributed by atoms with Crippen LogP contribution in [0.5, 0.6) is 0 Å². The van der Waals surface area contributed by atoms with E-state index in [1.165, 1.54) is 0 Å². The van der Waals surface area contributed by atoms with Gasteiger partial charge < -0.3 is 10.1 Å². The van der Waals surface area contributed by atoms with Gasteiger partial charge in [0.05, 0.1) is 22.9 Å². The third kappa shape index (κ3) is 1.99. The summed E-state index contributed by atoms with van der Waals surface area (Å²) >= 11 is 0. The number of oxime groups is 1.